The number of carbonyl (C=O) groups excluding carboxylic acids is 2. The van der Waals surface area contributed by atoms with Gasteiger partial charge in [-0.3, -0.25) is 0 Å². The van der Waals surface area contributed by atoms with Crippen molar-refractivity contribution < 1.29 is 23.8 Å². The van der Waals surface area contributed by atoms with Gasteiger partial charge in [-0.05, 0) is 56.2 Å². The van der Waals surface area contributed by atoms with E-state index in [9.17, 15) is 9.59 Å². The third kappa shape index (κ3) is 6.74. The lowest BCUT2D eigenvalue weighted by Crippen LogP contribution is -2.55. The second-order valence-corrected chi connectivity index (χ2v) is 9.42. The van der Waals surface area contributed by atoms with Crippen LogP contribution in [-0.2, 0) is 19.1 Å². The largest absolute Gasteiger partial charge is 0.464 e. The second kappa shape index (κ2) is 11.2. The van der Waals surface area contributed by atoms with E-state index in [1.807, 2.05) is 60.7 Å². The fraction of sp³-hybridized carbons (Fsp3) is 0.241. The summed E-state index contributed by atoms with van der Waals surface area (Å²) in [4.78, 5) is 27.4. The molecule has 0 fully saturated rings. The molecule has 3 aromatic rings. The lowest BCUT2D eigenvalue weighted by Gasteiger charge is -2.33. The van der Waals surface area contributed by atoms with E-state index in [1.165, 1.54) is 6.08 Å². The molecule has 35 heavy (non-hydrogen) atoms. The van der Waals surface area contributed by atoms with E-state index in [2.05, 4.69) is 6.58 Å². The fourth-order valence-corrected chi connectivity index (χ4v) is 3.56. The molecule has 0 saturated carbocycles. The first-order chi connectivity index (χ1) is 16.6. The first-order valence-corrected chi connectivity index (χ1v) is 11.6. The SMILES string of the molecule is C=CC[C@](Oc1ccc(Cl)cc1)(C(=O)OC(c1ccccc1)c1ccccc1)C(=O)OC(C)(C)C. The van der Waals surface area contributed by atoms with Gasteiger partial charge in [-0.1, -0.05) is 78.3 Å². The van der Waals surface area contributed by atoms with Crippen molar-refractivity contribution >= 4 is 23.5 Å². The molecule has 3 rings (SSSR count). The normalized spacial score (nSPS) is 12.9. The zero-order chi connectivity index (χ0) is 25.5. The number of rotatable bonds is 9. The van der Waals surface area contributed by atoms with Gasteiger partial charge in [0.15, 0.2) is 6.10 Å². The molecular weight excluding hydrogens is 464 g/mol. The number of ether oxygens (including phenoxy) is 3. The summed E-state index contributed by atoms with van der Waals surface area (Å²) in [6, 6.07) is 24.9. The van der Waals surface area contributed by atoms with Gasteiger partial charge in [0.05, 0.1) is 0 Å². The van der Waals surface area contributed by atoms with Gasteiger partial charge in [0, 0.05) is 11.4 Å². The van der Waals surface area contributed by atoms with Crippen LogP contribution >= 0.6 is 11.6 Å². The quantitative estimate of drug-likeness (QED) is 0.189. The van der Waals surface area contributed by atoms with Crippen molar-refractivity contribution in [2.75, 3.05) is 0 Å². The Kier molecular flexibility index (Phi) is 8.36. The van der Waals surface area contributed by atoms with Crippen LogP contribution in [-0.4, -0.2) is 23.1 Å². The van der Waals surface area contributed by atoms with Crippen LogP contribution < -0.4 is 4.74 Å². The molecule has 0 amide bonds. The molecule has 0 heterocycles. The summed E-state index contributed by atoms with van der Waals surface area (Å²) in [6.45, 7) is 8.89. The van der Waals surface area contributed by atoms with Crippen LogP contribution in [0.5, 0.6) is 5.75 Å². The van der Waals surface area contributed by atoms with E-state index in [0.717, 1.165) is 11.1 Å². The minimum Gasteiger partial charge on any atom is -0.464 e. The molecule has 3 aromatic carbocycles. The lowest BCUT2D eigenvalue weighted by molar-refractivity contribution is -0.189. The molecule has 0 aromatic heterocycles. The molecule has 0 aliphatic carbocycles. The molecule has 0 spiro atoms. The zero-order valence-electron chi connectivity index (χ0n) is 20.1. The first kappa shape index (κ1) is 26.0. The number of hydrogen-bond donors (Lipinski definition) is 0. The van der Waals surface area contributed by atoms with E-state index < -0.39 is 29.2 Å². The fourth-order valence-electron chi connectivity index (χ4n) is 3.43. The van der Waals surface area contributed by atoms with Gasteiger partial charge in [0.2, 0.25) is 0 Å². The third-order valence-electron chi connectivity index (χ3n) is 5.03. The lowest BCUT2D eigenvalue weighted by atomic mass is 9.97. The highest BCUT2D eigenvalue weighted by Gasteiger charge is 2.53. The van der Waals surface area contributed by atoms with Crippen molar-refractivity contribution in [3.05, 3.63) is 114 Å². The van der Waals surface area contributed by atoms with Gasteiger partial charge in [-0.15, -0.1) is 6.58 Å². The molecule has 6 heteroatoms. The van der Waals surface area contributed by atoms with E-state index in [0.29, 0.717) is 5.02 Å². The van der Waals surface area contributed by atoms with Crippen LogP contribution in [0.25, 0.3) is 0 Å². The maximum atomic E-state index is 13.9. The van der Waals surface area contributed by atoms with Gasteiger partial charge in [0.1, 0.15) is 11.4 Å². The van der Waals surface area contributed by atoms with Crippen LogP contribution in [0.2, 0.25) is 5.02 Å². The van der Waals surface area contributed by atoms with Gasteiger partial charge < -0.3 is 14.2 Å². The van der Waals surface area contributed by atoms with Crippen LogP contribution in [0, 0.1) is 0 Å². The molecule has 1 atom stereocenters. The summed E-state index contributed by atoms with van der Waals surface area (Å²) < 4.78 is 17.7. The van der Waals surface area contributed by atoms with Crippen molar-refractivity contribution in [3.63, 3.8) is 0 Å². The summed E-state index contributed by atoms with van der Waals surface area (Å²) >= 11 is 6.01. The maximum Gasteiger partial charge on any atom is 0.363 e. The Balaban J connectivity index is 2.07. The smallest absolute Gasteiger partial charge is 0.363 e. The number of benzene rings is 3. The summed E-state index contributed by atoms with van der Waals surface area (Å²) in [5.41, 5.74) is -1.50. The third-order valence-corrected chi connectivity index (χ3v) is 5.28. The highest BCUT2D eigenvalue weighted by Crippen LogP contribution is 2.33. The van der Waals surface area contributed by atoms with Gasteiger partial charge in [0.25, 0.3) is 0 Å². The molecular formula is C29H29ClO5. The Labute approximate surface area is 211 Å². The summed E-state index contributed by atoms with van der Waals surface area (Å²) in [5, 5.41) is 0.486. The van der Waals surface area contributed by atoms with Crippen molar-refractivity contribution in [2.45, 2.75) is 44.5 Å². The standard InChI is InChI=1S/C29H29ClO5/c1-5-20-29(27(32)35-28(2,3)4,34-24-18-16-23(30)17-19-24)26(31)33-25(21-12-8-6-9-13-21)22-14-10-7-11-15-22/h5-19,25H,1,20H2,2-4H3/t29-/m0/s1. The van der Waals surface area contributed by atoms with Gasteiger partial charge >= 0.3 is 17.5 Å². The number of hydrogen-bond acceptors (Lipinski definition) is 5. The van der Waals surface area contributed by atoms with Gasteiger partial charge in [-0.2, -0.15) is 0 Å². The molecule has 0 unspecified atom stereocenters. The van der Waals surface area contributed by atoms with Gasteiger partial charge in [-0.25, -0.2) is 9.59 Å². The predicted octanol–water partition coefficient (Wildman–Crippen LogP) is 6.71. The van der Waals surface area contributed by atoms with Crippen LogP contribution in [0.4, 0.5) is 0 Å². The Morgan fingerprint density at radius 2 is 1.37 bits per heavy atom. The van der Waals surface area contributed by atoms with E-state index in [1.54, 1.807) is 45.0 Å². The number of esters is 2. The monoisotopic (exact) mass is 492 g/mol. The Bertz CT molecular complexity index is 1100. The van der Waals surface area contributed by atoms with Crippen molar-refractivity contribution in [3.8, 4) is 5.75 Å². The number of carbonyl (C=O) groups is 2. The molecule has 182 valence electrons. The minimum absolute atomic E-state index is 0.167. The van der Waals surface area contributed by atoms with E-state index in [-0.39, 0.29) is 12.2 Å². The average molecular weight is 493 g/mol. The molecule has 5 nitrogen and oxygen atoms in total. The average Bonchev–Trinajstić information content (AvgIpc) is 2.83. The highest BCUT2D eigenvalue weighted by molar-refractivity contribution is 6.30. The van der Waals surface area contributed by atoms with Crippen LogP contribution in [0.3, 0.4) is 0 Å². The van der Waals surface area contributed by atoms with Crippen molar-refractivity contribution in [1.82, 2.24) is 0 Å². The van der Waals surface area contributed by atoms with Crippen LogP contribution in [0.15, 0.2) is 97.6 Å². The molecule has 0 bridgehead atoms. The molecule has 0 N–H and O–H groups in total. The molecule has 0 aliphatic rings. The van der Waals surface area contributed by atoms with Crippen molar-refractivity contribution in [1.29, 1.82) is 0 Å². The molecule has 0 aliphatic heterocycles. The topological polar surface area (TPSA) is 61.8 Å². The zero-order valence-corrected chi connectivity index (χ0v) is 20.8. The molecule has 0 radical (unpaired) electrons. The first-order valence-electron chi connectivity index (χ1n) is 11.2. The Morgan fingerprint density at radius 1 is 0.857 bits per heavy atom. The predicted molar refractivity (Wildman–Crippen MR) is 136 cm³/mol. The van der Waals surface area contributed by atoms with E-state index >= 15 is 0 Å². The Hall–Kier alpha value is -3.57. The molecule has 0 saturated heterocycles. The minimum atomic E-state index is -2.12. The Morgan fingerprint density at radius 3 is 1.83 bits per heavy atom. The summed E-state index contributed by atoms with van der Waals surface area (Å²) in [5.74, 6) is -1.50. The summed E-state index contributed by atoms with van der Waals surface area (Å²) in [6.07, 6.45) is 0.492. The summed E-state index contributed by atoms with van der Waals surface area (Å²) in [7, 11) is 0. The maximum absolute atomic E-state index is 13.9. The van der Waals surface area contributed by atoms with Crippen LogP contribution in [0.1, 0.15) is 44.4 Å². The van der Waals surface area contributed by atoms with E-state index in [4.69, 9.17) is 25.8 Å². The second-order valence-electron chi connectivity index (χ2n) is 8.98. The van der Waals surface area contributed by atoms with Crippen molar-refractivity contribution in [2.24, 2.45) is 0 Å². The highest BCUT2D eigenvalue weighted by atomic mass is 35.5. The number of halogens is 1.